The van der Waals surface area contributed by atoms with E-state index in [1.54, 1.807) is 6.92 Å². The van der Waals surface area contributed by atoms with Crippen LogP contribution in [0.2, 0.25) is 0 Å². The van der Waals surface area contributed by atoms with E-state index >= 15 is 0 Å². The van der Waals surface area contributed by atoms with Crippen LogP contribution in [0.25, 0.3) is 0 Å². The van der Waals surface area contributed by atoms with E-state index in [0.717, 1.165) is 10.6 Å². The minimum atomic E-state index is -0.667. The third kappa shape index (κ3) is 6.85. The number of amides is 2. The molecule has 0 aliphatic carbocycles. The van der Waals surface area contributed by atoms with Crippen molar-refractivity contribution >= 4 is 39.9 Å². The molecule has 0 radical (unpaired) electrons. The van der Waals surface area contributed by atoms with Crippen LogP contribution in [-0.4, -0.2) is 53.4 Å². The monoisotopic (exact) mass is 361 g/mol. The molecule has 1 rings (SSSR count). The second-order valence-electron chi connectivity index (χ2n) is 5.14. The van der Waals surface area contributed by atoms with Crippen LogP contribution in [-0.2, 0) is 14.3 Å². The van der Waals surface area contributed by atoms with Gasteiger partial charge in [-0.05, 0) is 34.1 Å². The van der Waals surface area contributed by atoms with Crippen molar-refractivity contribution in [2.75, 3.05) is 31.6 Å². The smallest absolute Gasteiger partial charge is 0.245 e. The second kappa shape index (κ2) is 9.85. The van der Waals surface area contributed by atoms with Gasteiger partial charge >= 0.3 is 0 Å². The van der Waals surface area contributed by atoms with Crippen LogP contribution in [0.3, 0.4) is 0 Å². The van der Waals surface area contributed by atoms with E-state index in [0.29, 0.717) is 31.3 Å². The molecule has 0 aliphatic rings. The second-order valence-corrected chi connectivity index (χ2v) is 6.99. The quantitative estimate of drug-likeness (QED) is 0.542. The molecule has 0 aliphatic heterocycles. The Morgan fingerprint density at radius 2 is 2.13 bits per heavy atom. The van der Waals surface area contributed by atoms with Gasteiger partial charge in [0.2, 0.25) is 11.8 Å². The predicted molar refractivity (Wildman–Crippen MR) is 93.2 cm³/mol. The number of alkyl halides is 1. The molecule has 1 atom stereocenters. The van der Waals surface area contributed by atoms with Gasteiger partial charge in [0.15, 0.2) is 5.13 Å². The molecule has 1 N–H and O–H groups in total. The van der Waals surface area contributed by atoms with Crippen molar-refractivity contribution in [1.82, 2.24) is 9.88 Å². The summed E-state index contributed by atoms with van der Waals surface area (Å²) in [6.07, 6.45) is 0.659. The zero-order valence-electron chi connectivity index (χ0n) is 14.0. The summed E-state index contributed by atoms with van der Waals surface area (Å²) in [5, 5.41) is 2.61. The number of halogens is 1. The first-order valence-corrected chi connectivity index (χ1v) is 8.84. The van der Waals surface area contributed by atoms with E-state index in [9.17, 15) is 9.59 Å². The summed E-state index contributed by atoms with van der Waals surface area (Å²) in [4.78, 5) is 31.0. The third-order valence-corrected chi connectivity index (χ3v) is 4.36. The maximum absolute atomic E-state index is 12.1. The molecular formula is C15H24ClN3O3S. The van der Waals surface area contributed by atoms with Crippen LogP contribution >= 0.6 is 22.9 Å². The van der Waals surface area contributed by atoms with Crippen molar-refractivity contribution in [1.29, 1.82) is 0 Å². The standard InChI is InChI=1S/C15H24ClN3O3S/c1-5-22-8-6-7-19(14(21)10(2)16)9-13(20)18-15-17-11(3)12(4)23-15/h10H,5-9H2,1-4H3,(H,17,18,20). The molecule has 0 saturated heterocycles. The maximum Gasteiger partial charge on any atom is 0.245 e. The molecule has 1 aromatic heterocycles. The van der Waals surface area contributed by atoms with Gasteiger partial charge in [0.25, 0.3) is 0 Å². The summed E-state index contributed by atoms with van der Waals surface area (Å²) < 4.78 is 5.26. The highest BCUT2D eigenvalue weighted by Crippen LogP contribution is 2.21. The number of aryl methyl sites for hydroxylation is 2. The molecule has 0 aromatic carbocycles. The first-order valence-electron chi connectivity index (χ1n) is 7.59. The average molecular weight is 362 g/mol. The zero-order valence-corrected chi connectivity index (χ0v) is 15.6. The lowest BCUT2D eigenvalue weighted by molar-refractivity contribution is -0.134. The van der Waals surface area contributed by atoms with E-state index in [-0.39, 0.29) is 18.4 Å². The highest BCUT2D eigenvalue weighted by atomic mass is 35.5. The Hall–Kier alpha value is -1.18. The first kappa shape index (κ1) is 19.9. The van der Waals surface area contributed by atoms with Crippen molar-refractivity contribution in [2.24, 2.45) is 0 Å². The van der Waals surface area contributed by atoms with Crippen molar-refractivity contribution in [2.45, 2.75) is 39.5 Å². The molecule has 1 aromatic rings. The van der Waals surface area contributed by atoms with Crippen molar-refractivity contribution in [3.8, 4) is 0 Å². The summed E-state index contributed by atoms with van der Waals surface area (Å²) in [6.45, 7) is 8.91. The summed E-state index contributed by atoms with van der Waals surface area (Å²) in [5.41, 5.74) is 0.893. The Balaban J connectivity index is 2.59. The number of carbonyl (C=O) groups excluding carboxylic acids is 2. The van der Waals surface area contributed by atoms with Gasteiger partial charge in [-0.1, -0.05) is 0 Å². The van der Waals surface area contributed by atoms with Crippen LogP contribution < -0.4 is 5.32 Å². The number of anilines is 1. The molecule has 0 fully saturated rings. The molecule has 23 heavy (non-hydrogen) atoms. The summed E-state index contributed by atoms with van der Waals surface area (Å²) in [6, 6.07) is 0. The minimum absolute atomic E-state index is 0.0420. The number of thiazole rings is 1. The number of ether oxygens (including phenoxy) is 1. The van der Waals surface area contributed by atoms with Crippen LogP contribution in [0.4, 0.5) is 5.13 Å². The molecule has 6 nitrogen and oxygen atoms in total. The summed E-state index contributed by atoms with van der Waals surface area (Å²) in [5.74, 6) is -0.536. The van der Waals surface area contributed by atoms with Gasteiger partial charge < -0.3 is 15.0 Å². The van der Waals surface area contributed by atoms with E-state index in [1.165, 1.54) is 16.2 Å². The third-order valence-electron chi connectivity index (χ3n) is 3.18. The van der Waals surface area contributed by atoms with Crippen LogP contribution in [0.1, 0.15) is 30.8 Å². The zero-order chi connectivity index (χ0) is 17.4. The van der Waals surface area contributed by atoms with E-state index in [4.69, 9.17) is 16.3 Å². The molecule has 0 bridgehead atoms. The Labute approximate surface area is 146 Å². The lowest BCUT2D eigenvalue weighted by Crippen LogP contribution is -2.42. The predicted octanol–water partition coefficient (Wildman–Crippen LogP) is 2.58. The van der Waals surface area contributed by atoms with Gasteiger partial charge in [-0.2, -0.15) is 0 Å². The molecule has 1 unspecified atom stereocenters. The average Bonchev–Trinajstić information content (AvgIpc) is 2.79. The topological polar surface area (TPSA) is 71.5 Å². The van der Waals surface area contributed by atoms with E-state index in [1.807, 2.05) is 20.8 Å². The molecule has 130 valence electrons. The molecule has 0 saturated carbocycles. The summed E-state index contributed by atoms with van der Waals surface area (Å²) >= 11 is 7.28. The van der Waals surface area contributed by atoms with Gasteiger partial charge in [0.1, 0.15) is 5.38 Å². The Bertz CT molecular complexity index is 515. The van der Waals surface area contributed by atoms with Crippen molar-refractivity contribution < 1.29 is 14.3 Å². The van der Waals surface area contributed by atoms with Crippen LogP contribution in [0, 0.1) is 13.8 Å². The first-order chi connectivity index (χ1) is 10.8. The number of nitrogens with one attached hydrogen (secondary N) is 1. The number of rotatable bonds is 9. The number of hydrogen-bond donors (Lipinski definition) is 1. The Morgan fingerprint density at radius 1 is 1.43 bits per heavy atom. The van der Waals surface area contributed by atoms with Gasteiger partial charge in [0.05, 0.1) is 12.2 Å². The van der Waals surface area contributed by atoms with Gasteiger partial charge in [-0.3, -0.25) is 9.59 Å². The largest absolute Gasteiger partial charge is 0.382 e. The Morgan fingerprint density at radius 3 is 2.65 bits per heavy atom. The number of nitrogens with zero attached hydrogens (tertiary/aromatic N) is 2. The molecule has 8 heteroatoms. The van der Waals surface area contributed by atoms with Gasteiger partial charge in [-0.15, -0.1) is 22.9 Å². The number of hydrogen-bond acceptors (Lipinski definition) is 5. The maximum atomic E-state index is 12.1. The molecule has 0 spiro atoms. The minimum Gasteiger partial charge on any atom is -0.382 e. The van der Waals surface area contributed by atoms with E-state index < -0.39 is 5.38 Å². The fourth-order valence-electron chi connectivity index (χ4n) is 1.88. The lowest BCUT2D eigenvalue weighted by atomic mass is 10.3. The van der Waals surface area contributed by atoms with Gasteiger partial charge in [-0.25, -0.2) is 4.98 Å². The number of carbonyl (C=O) groups is 2. The van der Waals surface area contributed by atoms with Crippen LogP contribution in [0.15, 0.2) is 0 Å². The highest BCUT2D eigenvalue weighted by molar-refractivity contribution is 7.15. The fraction of sp³-hybridized carbons (Fsp3) is 0.667. The van der Waals surface area contributed by atoms with Crippen LogP contribution in [0.5, 0.6) is 0 Å². The number of aromatic nitrogens is 1. The highest BCUT2D eigenvalue weighted by Gasteiger charge is 2.21. The van der Waals surface area contributed by atoms with Gasteiger partial charge in [0, 0.05) is 24.6 Å². The molecule has 1 heterocycles. The summed E-state index contributed by atoms with van der Waals surface area (Å²) in [7, 11) is 0. The van der Waals surface area contributed by atoms with Crippen molar-refractivity contribution in [3.05, 3.63) is 10.6 Å². The Kier molecular flexibility index (Phi) is 8.51. The molecular weight excluding hydrogens is 338 g/mol. The fourth-order valence-corrected chi connectivity index (χ4v) is 2.85. The normalized spacial score (nSPS) is 12.0. The SMILES string of the molecule is CCOCCCN(CC(=O)Nc1nc(C)c(C)s1)C(=O)C(C)Cl. The van der Waals surface area contributed by atoms with E-state index in [2.05, 4.69) is 10.3 Å². The van der Waals surface area contributed by atoms with Crippen molar-refractivity contribution in [3.63, 3.8) is 0 Å². The molecule has 2 amide bonds. The lowest BCUT2D eigenvalue weighted by Gasteiger charge is -2.23.